The van der Waals surface area contributed by atoms with Crippen LogP contribution in [0, 0.1) is 0 Å². The van der Waals surface area contributed by atoms with Gasteiger partial charge in [-0.25, -0.2) is 0 Å². The van der Waals surface area contributed by atoms with Crippen LogP contribution in [-0.4, -0.2) is 42.2 Å². The van der Waals surface area contributed by atoms with E-state index < -0.39 is 5.97 Å². The molecule has 1 N–H and O–H groups in total. The van der Waals surface area contributed by atoms with Gasteiger partial charge < -0.3 is 10.0 Å². The number of nitrogens with zero attached hydrogens (tertiary/aromatic N) is 2. The smallest absolute Gasteiger partial charge is 0.304 e. The van der Waals surface area contributed by atoms with Gasteiger partial charge in [-0.1, -0.05) is 19.1 Å². The van der Waals surface area contributed by atoms with E-state index in [9.17, 15) is 4.79 Å². The van der Waals surface area contributed by atoms with E-state index in [0.717, 1.165) is 26.1 Å². The van der Waals surface area contributed by atoms with Crippen LogP contribution in [0.1, 0.15) is 31.4 Å². The van der Waals surface area contributed by atoms with E-state index in [1.165, 1.54) is 16.8 Å². The molecule has 20 heavy (non-hydrogen) atoms. The standard InChI is InChI=1S/C16H24N2O2/c1-4-18(12(2)9-16(19)20)11-13-5-6-15-14(10-13)7-8-17(15)3/h5-6,10,12H,4,7-9,11H2,1-3H3,(H,19,20). The highest BCUT2D eigenvalue weighted by molar-refractivity contribution is 5.67. The molecule has 0 saturated heterocycles. The van der Waals surface area contributed by atoms with Crippen LogP contribution < -0.4 is 4.90 Å². The lowest BCUT2D eigenvalue weighted by atomic mass is 10.1. The van der Waals surface area contributed by atoms with Gasteiger partial charge >= 0.3 is 5.97 Å². The van der Waals surface area contributed by atoms with Gasteiger partial charge in [0.2, 0.25) is 0 Å². The van der Waals surface area contributed by atoms with Crippen LogP contribution in [0.15, 0.2) is 18.2 Å². The normalized spacial score (nSPS) is 15.5. The largest absolute Gasteiger partial charge is 0.481 e. The van der Waals surface area contributed by atoms with Crippen LogP contribution in [0.2, 0.25) is 0 Å². The van der Waals surface area contributed by atoms with Crippen LogP contribution in [0.4, 0.5) is 5.69 Å². The van der Waals surface area contributed by atoms with E-state index in [2.05, 4.69) is 42.0 Å². The number of likely N-dealkylation sites (N-methyl/N-ethyl adjacent to an activating group) is 1. The van der Waals surface area contributed by atoms with Crippen molar-refractivity contribution in [3.63, 3.8) is 0 Å². The Morgan fingerprint density at radius 3 is 2.90 bits per heavy atom. The number of anilines is 1. The molecule has 0 radical (unpaired) electrons. The molecule has 110 valence electrons. The number of rotatable bonds is 6. The SMILES string of the molecule is CCN(Cc1ccc2c(c1)CCN2C)C(C)CC(=O)O. The van der Waals surface area contributed by atoms with Crippen molar-refractivity contribution >= 4 is 11.7 Å². The molecule has 0 aliphatic carbocycles. The van der Waals surface area contributed by atoms with Crippen LogP contribution in [-0.2, 0) is 17.8 Å². The van der Waals surface area contributed by atoms with Crippen molar-refractivity contribution < 1.29 is 9.90 Å². The molecule has 2 rings (SSSR count). The Labute approximate surface area is 121 Å². The van der Waals surface area contributed by atoms with Crippen LogP contribution >= 0.6 is 0 Å². The van der Waals surface area contributed by atoms with E-state index in [1.54, 1.807) is 0 Å². The second-order valence-corrected chi connectivity index (χ2v) is 5.64. The summed E-state index contributed by atoms with van der Waals surface area (Å²) in [4.78, 5) is 15.3. The summed E-state index contributed by atoms with van der Waals surface area (Å²) in [6.07, 6.45) is 1.30. The Bertz CT molecular complexity index is 487. The predicted octanol–water partition coefficient (Wildman–Crippen LogP) is 2.36. The summed E-state index contributed by atoms with van der Waals surface area (Å²) in [5, 5.41) is 8.92. The molecule has 1 aliphatic rings. The Balaban J connectivity index is 2.06. The molecule has 0 fully saturated rings. The molecule has 1 atom stereocenters. The van der Waals surface area contributed by atoms with Crippen molar-refractivity contribution in [1.29, 1.82) is 0 Å². The molecule has 1 aromatic carbocycles. The summed E-state index contributed by atoms with van der Waals surface area (Å²) in [6.45, 7) is 6.84. The summed E-state index contributed by atoms with van der Waals surface area (Å²) in [5.74, 6) is -0.730. The maximum absolute atomic E-state index is 10.8. The molecule has 0 spiro atoms. The van der Waals surface area contributed by atoms with Crippen LogP contribution in [0.5, 0.6) is 0 Å². The van der Waals surface area contributed by atoms with E-state index in [0.29, 0.717) is 0 Å². The van der Waals surface area contributed by atoms with Gasteiger partial charge in [0.1, 0.15) is 0 Å². The fourth-order valence-corrected chi connectivity index (χ4v) is 2.91. The zero-order valence-corrected chi connectivity index (χ0v) is 12.6. The molecule has 0 amide bonds. The maximum Gasteiger partial charge on any atom is 0.304 e. The highest BCUT2D eigenvalue weighted by Gasteiger charge is 2.18. The molecule has 0 aromatic heterocycles. The third-order valence-corrected chi connectivity index (χ3v) is 4.16. The van der Waals surface area contributed by atoms with Crippen molar-refractivity contribution in [2.45, 2.75) is 39.3 Å². The van der Waals surface area contributed by atoms with Gasteiger partial charge in [0.15, 0.2) is 0 Å². The Morgan fingerprint density at radius 2 is 2.25 bits per heavy atom. The molecular weight excluding hydrogens is 252 g/mol. The number of hydrogen-bond donors (Lipinski definition) is 1. The molecule has 0 bridgehead atoms. The summed E-state index contributed by atoms with van der Waals surface area (Å²) < 4.78 is 0. The molecule has 1 unspecified atom stereocenters. The van der Waals surface area contributed by atoms with Crippen molar-refractivity contribution in [3.8, 4) is 0 Å². The predicted molar refractivity (Wildman–Crippen MR) is 81.2 cm³/mol. The summed E-state index contributed by atoms with van der Waals surface area (Å²) in [7, 11) is 2.12. The van der Waals surface area contributed by atoms with Gasteiger partial charge in [-0.3, -0.25) is 9.69 Å². The number of carboxylic acids is 1. The highest BCUT2D eigenvalue weighted by Crippen LogP contribution is 2.28. The third-order valence-electron chi connectivity index (χ3n) is 4.16. The van der Waals surface area contributed by atoms with Gasteiger partial charge in [-0.2, -0.15) is 0 Å². The Kier molecular flexibility index (Phi) is 4.65. The Morgan fingerprint density at radius 1 is 1.50 bits per heavy atom. The van der Waals surface area contributed by atoms with E-state index in [1.807, 2.05) is 6.92 Å². The number of aliphatic carboxylic acids is 1. The minimum atomic E-state index is -0.730. The van der Waals surface area contributed by atoms with Crippen molar-refractivity contribution in [3.05, 3.63) is 29.3 Å². The van der Waals surface area contributed by atoms with Gasteiger partial charge in [-0.05, 0) is 37.1 Å². The minimum Gasteiger partial charge on any atom is -0.481 e. The van der Waals surface area contributed by atoms with Crippen LogP contribution in [0.3, 0.4) is 0 Å². The van der Waals surface area contributed by atoms with Crippen LogP contribution in [0.25, 0.3) is 0 Å². The minimum absolute atomic E-state index is 0.0634. The van der Waals surface area contributed by atoms with Gasteiger partial charge in [0.05, 0.1) is 6.42 Å². The first kappa shape index (κ1) is 14.9. The summed E-state index contributed by atoms with van der Waals surface area (Å²) in [6, 6.07) is 6.69. The molecule has 1 aliphatic heterocycles. The second kappa shape index (κ2) is 6.27. The fraction of sp³-hybridized carbons (Fsp3) is 0.562. The molecule has 4 nitrogen and oxygen atoms in total. The average molecular weight is 276 g/mol. The fourth-order valence-electron chi connectivity index (χ4n) is 2.91. The van der Waals surface area contributed by atoms with E-state index in [-0.39, 0.29) is 12.5 Å². The first-order valence-electron chi connectivity index (χ1n) is 7.30. The average Bonchev–Trinajstić information content (AvgIpc) is 2.76. The molecule has 1 aromatic rings. The number of carbonyl (C=O) groups is 1. The van der Waals surface area contributed by atoms with Gasteiger partial charge in [0, 0.05) is 31.9 Å². The highest BCUT2D eigenvalue weighted by atomic mass is 16.4. The zero-order valence-electron chi connectivity index (χ0n) is 12.6. The van der Waals surface area contributed by atoms with Crippen molar-refractivity contribution in [2.24, 2.45) is 0 Å². The summed E-state index contributed by atoms with van der Waals surface area (Å²) in [5.41, 5.74) is 4.01. The Hall–Kier alpha value is -1.55. The zero-order chi connectivity index (χ0) is 14.7. The second-order valence-electron chi connectivity index (χ2n) is 5.64. The first-order chi connectivity index (χ1) is 9.51. The topological polar surface area (TPSA) is 43.8 Å². The number of fused-ring (bicyclic) bond motifs is 1. The first-order valence-corrected chi connectivity index (χ1v) is 7.30. The van der Waals surface area contributed by atoms with Gasteiger partial charge in [0.25, 0.3) is 0 Å². The maximum atomic E-state index is 10.8. The number of hydrogen-bond acceptors (Lipinski definition) is 3. The quantitative estimate of drug-likeness (QED) is 0.866. The molecule has 1 heterocycles. The van der Waals surface area contributed by atoms with E-state index in [4.69, 9.17) is 5.11 Å². The van der Waals surface area contributed by atoms with Crippen molar-refractivity contribution in [1.82, 2.24) is 4.90 Å². The molecule has 4 heteroatoms. The molecule has 0 saturated carbocycles. The lowest BCUT2D eigenvalue weighted by molar-refractivity contribution is -0.138. The lowest BCUT2D eigenvalue weighted by Crippen LogP contribution is -2.34. The lowest BCUT2D eigenvalue weighted by Gasteiger charge is -2.27. The number of benzene rings is 1. The monoisotopic (exact) mass is 276 g/mol. The third kappa shape index (κ3) is 3.31. The van der Waals surface area contributed by atoms with Gasteiger partial charge in [-0.15, -0.1) is 0 Å². The van der Waals surface area contributed by atoms with Crippen molar-refractivity contribution in [2.75, 3.05) is 25.0 Å². The summed E-state index contributed by atoms with van der Waals surface area (Å²) >= 11 is 0. The number of carboxylic acid groups (broad SMARTS) is 1. The molecular formula is C16H24N2O2. The van der Waals surface area contributed by atoms with E-state index >= 15 is 0 Å².